The van der Waals surface area contributed by atoms with Gasteiger partial charge in [0.15, 0.2) is 0 Å². The van der Waals surface area contributed by atoms with Crippen LogP contribution in [0.4, 0.5) is 0 Å². The van der Waals surface area contributed by atoms with Gasteiger partial charge < -0.3 is 9.47 Å². The normalized spacial score (nSPS) is 26.3. The Balaban J connectivity index is 2.68. The van der Waals surface area contributed by atoms with Crippen molar-refractivity contribution >= 4 is 11.9 Å². The quantitative estimate of drug-likeness (QED) is 0.558. The summed E-state index contributed by atoms with van der Waals surface area (Å²) in [6.07, 6.45) is 2.40. The molecule has 18 heavy (non-hydrogen) atoms. The third-order valence-electron chi connectivity index (χ3n) is 2.98. The number of esters is 2. The van der Waals surface area contributed by atoms with E-state index >= 15 is 0 Å². The molecule has 0 spiro atoms. The van der Waals surface area contributed by atoms with E-state index in [1.54, 1.807) is 33.8 Å². The molecule has 4 nitrogen and oxygen atoms in total. The Morgan fingerprint density at radius 3 is 2.44 bits per heavy atom. The highest BCUT2D eigenvalue weighted by atomic mass is 16.6. The minimum absolute atomic E-state index is 0.0177. The van der Waals surface area contributed by atoms with Crippen molar-refractivity contribution in [3.63, 3.8) is 0 Å². The SMILES string of the molecule is C=CC1C[C@]1(CC(=O)OC(C)(C)C)C(=O)OCC. The lowest BCUT2D eigenvalue weighted by Gasteiger charge is -2.21. The molecule has 0 amide bonds. The summed E-state index contributed by atoms with van der Waals surface area (Å²) < 4.78 is 10.3. The van der Waals surface area contributed by atoms with Crippen LogP contribution in [0.3, 0.4) is 0 Å². The molecule has 0 aromatic heterocycles. The molecule has 1 fully saturated rings. The molecule has 2 atom stereocenters. The average Bonchev–Trinajstić information content (AvgIpc) is 2.90. The standard InChI is InChI=1S/C14H22O4/c1-6-10-8-14(10,12(16)17-7-2)9-11(15)18-13(3,4)5/h6,10H,1,7-9H2,2-5H3/t10?,14-/m1/s1. The molecule has 0 aliphatic heterocycles. The van der Waals surface area contributed by atoms with Crippen LogP contribution in [0.1, 0.15) is 40.5 Å². The highest BCUT2D eigenvalue weighted by Crippen LogP contribution is 2.57. The van der Waals surface area contributed by atoms with Gasteiger partial charge in [-0.2, -0.15) is 0 Å². The molecule has 102 valence electrons. The van der Waals surface area contributed by atoms with Gasteiger partial charge in [0.2, 0.25) is 0 Å². The van der Waals surface area contributed by atoms with Gasteiger partial charge >= 0.3 is 11.9 Å². The summed E-state index contributed by atoms with van der Waals surface area (Å²) in [6.45, 7) is 11.2. The Morgan fingerprint density at radius 1 is 1.44 bits per heavy atom. The van der Waals surface area contributed by atoms with Crippen LogP contribution >= 0.6 is 0 Å². The van der Waals surface area contributed by atoms with Crippen molar-refractivity contribution in [3.8, 4) is 0 Å². The molecule has 1 aliphatic rings. The van der Waals surface area contributed by atoms with Crippen LogP contribution in [0.15, 0.2) is 12.7 Å². The number of carbonyl (C=O) groups is 2. The van der Waals surface area contributed by atoms with E-state index in [4.69, 9.17) is 9.47 Å². The lowest BCUT2D eigenvalue weighted by molar-refractivity contribution is -0.163. The number of carbonyl (C=O) groups excluding carboxylic acids is 2. The Labute approximate surface area is 108 Å². The van der Waals surface area contributed by atoms with Crippen LogP contribution in [0.5, 0.6) is 0 Å². The lowest BCUT2D eigenvalue weighted by Crippen LogP contribution is -2.29. The molecule has 0 N–H and O–H groups in total. The van der Waals surface area contributed by atoms with Crippen LogP contribution in [-0.2, 0) is 19.1 Å². The fourth-order valence-electron chi connectivity index (χ4n) is 2.06. The van der Waals surface area contributed by atoms with Gasteiger partial charge in [0, 0.05) is 0 Å². The van der Waals surface area contributed by atoms with Crippen molar-refractivity contribution < 1.29 is 19.1 Å². The maximum atomic E-state index is 11.9. The van der Waals surface area contributed by atoms with Crippen molar-refractivity contribution in [2.24, 2.45) is 11.3 Å². The summed E-state index contributed by atoms with van der Waals surface area (Å²) in [4.78, 5) is 23.7. The summed E-state index contributed by atoms with van der Waals surface area (Å²) in [5, 5.41) is 0. The first-order valence-corrected chi connectivity index (χ1v) is 6.27. The second kappa shape index (κ2) is 5.12. The highest BCUT2D eigenvalue weighted by molar-refractivity contribution is 5.87. The van der Waals surface area contributed by atoms with Gasteiger partial charge in [-0.3, -0.25) is 9.59 Å². The van der Waals surface area contributed by atoms with Crippen molar-refractivity contribution in [2.75, 3.05) is 6.61 Å². The fourth-order valence-corrected chi connectivity index (χ4v) is 2.06. The van der Waals surface area contributed by atoms with E-state index < -0.39 is 11.0 Å². The van der Waals surface area contributed by atoms with E-state index in [1.165, 1.54) is 0 Å². The fraction of sp³-hybridized carbons (Fsp3) is 0.714. The molecule has 1 rings (SSSR count). The van der Waals surface area contributed by atoms with Gasteiger partial charge in [-0.25, -0.2) is 0 Å². The number of rotatable bonds is 5. The van der Waals surface area contributed by atoms with Crippen LogP contribution in [0.2, 0.25) is 0 Å². The molecule has 0 saturated heterocycles. The van der Waals surface area contributed by atoms with E-state index in [1.807, 2.05) is 0 Å². The van der Waals surface area contributed by atoms with Crippen LogP contribution in [0, 0.1) is 11.3 Å². The van der Waals surface area contributed by atoms with Gasteiger partial charge in [-0.15, -0.1) is 6.58 Å². The summed E-state index contributed by atoms with van der Waals surface area (Å²) in [7, 11) is 0. The van der Waals surface area contributed by atoms with Crippen LogP contribution in [-0.4, -0.2) is 24.1 Å². The molecule has 0 bridgehead atoms. The second-order valence-corrected chi connectivity index (χ2v) is 5.69. The number of hydrogen-bond acceptors (Lipinski definition) is 4. The first kappa shape index (κ1) is 14.7. The molecular formula is C14H22O4. The van der Waals surface area contributed by atoms with Gasteiger partial charge in [-0.1, -0.05) is 6.08 Å². The van der Waals surface area contributed by atoms with Crippen LogP contribution < -0.4 is 0 Å². The van der Waals surface area contributed by atoms with Crippen molar-refractivity contribution in [1.29, 1.82) is 0 Å². The summed E-state index contributed by atoms with van der Waals surface area (Å²) in [5.74, 6) is -0.662. The number of ether oxygens (including phenoxy) is 2. The largest absolute Gasteiger partial charge is 0.466 e. The maximum Gasteiger partial charge on any atom is 0.313 e. The second-order valence-electron chi connectivity index (χ2n) is 5.69. The monoisotopic (exact) mass is 254 g/mol. The van der Waals surface area contributed by atoms with E-state index in [0.717, 1.165) is 0 Å². The minimum atomic E-state index is -0.736. The average molecular weight is 254 g/mol. The molecule has 0 radical (unpaired) electrons. The van der Waals surface area contributed by atoms with E-state index in [-0.39, 0.29) is 24.3 Å². The van der Waals surface area contributed by atoms with E-state index in [9.17, 15) is 9.59 Å². The third-order valence-corrected chi connectivity index (χ3v) is 2.98. The van der Waals surface area contributed by atoms with Crippen molar-refractivity contribution in [3.05, 3.63) is 12.7 Å². The molecule has 1 unspecified atom stereocenters. The van der Waals surface area contributed by atoms with E-state index in [0.29, 0.717) is 13.0 Å². The Morgan fingerprint density at radius 2 is 2.06 bits per heavy atom. The number of hydrogen-bond donors (Lipinski definition) is 0. The maximum absolute atomic E-state index is 11.9. The predicted molar refractivity (Wildman–Crippen MR) is 67.8 cm³/mol. The summed E-state index contributed by atoms with van der Waals surface area (Å²) in [5.41, 5.74) is -1.27. The smallest absolute Gasteiger partial charge is 0.313 e. The predicted octanol–water partition coefficient (Wildman–Crippen LogP) is 2.47. The van der Waals surface area contributed by atoms with Crippen molar-refractivity contribution in [2.45, 2.75) is 46.1 Å². The van der Waals surface area contributed by atoms with Crippen molar-refractivity contribution in [1.82, 2.24) is 0 Å². The lowest BCUT2D eigenvalue weighted by atomic mass is 9.99. The first-order valence-electron chi connectivity index (χ1n) is 6.27. The Kier molecular flexibility index (Phi) is 4.20. The molecule has 4 heteroatoms. The summed E-state index contributed by atoms with van der Waals surface area (Å²) in [6, 6.07) is 0. The van der Waals surface area contributed by atoms with Crippen LogP contribution in [0.25, 0.3) is 0 Å². The minimum Gasteiger partial charge on any atom is -0.466 e. The number of allylic oxidation sites excluding steroid dienone is 1. The van der Waals surface area contributed by atoms with Gasteiger partial charge in [-0.05, 0) is 40.0 Å². The molecule has 0 heterocycles. The van der Waals surface area contributed by atoms with Gasteiger partial charge in [0.05, 0.1) is 18.4 Å². The first-order chi connectivity index (χ1) is 8.25. The molecule has 0 aromatic rings. The van der Waals surface area contributed by atoms with Gasteiger partial charge in [0.25, 0.3) is 0 Å². The molecular weight excluding hydrogens is 232 g/mol. The Hall–Kier alpha value is -1.32. The highest BCUT2D eigenvalue weighted by Gasteiger charge is 2.61. The third kappa shape index (κ3) is 3.34. The zero-order valence-corrected chi connectivity index (χ0v) is 11.6. The Bertz CT molecular complexity index is 353. The van der Waals surface area contributed by atoms with Gasteiger partial charge in [0.1, 0.15) is 5.60 Å². The summed E-state index contributed by atoms with van der Waals surface area (Å²) >= 11 is 0. The van der Waals surface area contributed by atoms with E-state index in [2.05, 4.69) is 6.58 Å². The molecule has 1 aliphatic carbocycles. The molecule has 0 aromatic carbocycles. The molecule has 1 saturated carbocycles. The topological polar surface area (TPSA) is 52.6 Å². The zero-order valence-electron chi connectivity index (χ0n) is 11.6. The zero-order chi connectivity index (χ0) is 14.0.